The fraction of sp³-hybridized carbons (Fsp3) is 0.857. The molecule has 0 radical (unpaired) electrons. The van der Waals surface area contributed by atoms with Crippen molar-refractivity contribution in [1.82, 2.24) is 10.2 Å². The smallest absolute Gasteiger partial charge is 0.318 e. The van der Waals surface area contributed by atoms with E-state index in [1.54, 1.807) is 0 Å². The summed E-state index contributed by atoms with van der Waals surface area (Å²) in [5.41, 5.74) is 4.94. The van der Waals surface area contributed by atoms with Crippen LogP contribution >= 0.6 is 0 Å². The van der Waals surface area contributed by atoms with Crippen molar-refractivity contribution in [3.8, 4) is 0 Å². The van der Waals surface area contributed by atoms with Gasteiger partial charge in [-0.1, -0.05) is 19.3 Å². The third kappa shape index (κ3) is 5.19. The first-order valence-corrected chi connectivity index (χ1v) is 7.48. The Balaban J connectivity index is 1.73. The summed E-state index contributed by atoms with van der Waals surface area (Å²) in [7, 11) is 0. The number of nitrogens with two attached hydrogens (primary N) is 1. The van der Waals surface area contributed by atoms with Gasteiger partial charge in [-0.2, -0.15) is 0 Å². The highest BCUT2D eigenvalue weighted by molar-refractivity contribution is 5.93. The summed E-state index contributed by atoms with van der Waals surface area (Å²) in [6, 6.07) is -0.0847. The lowest BCUT2D eigenvalue weighted by Crippen LogP contribution is -2.39. The van der Waals surface area contributed by atoms with Gasteiger partial charge in [-0.25, -0.2) is 4.79 Å². The zero-order chi connectivity index (χ0) is 13.7. The lowest BCUT2D eigenvalue weighted by atomic mass is 9.89. The summed E-state index contributed by atoms with van der Waals surface area (Å²) >= 11 is 0. The van der Waals surface area contributed by atoms with Crippen molar-refractivity contribution in [2.24, 2.45) is 11.7 Å². The summed E-state index contributed by atoms with van der Waals surface area (Å²) in [6.45, 7) is 1.87. The Bertz CT molecular complexity index is 323. The molecule has 0 unspecified atom stereocenters. The minimum absolute atomic E-state index is 0.262. The highest BCUT2D eigenvalue weighted by Crippen LogP contribution is 2.31. The molecular weight excluding hydrogens is 242 g/mol. The van der Waals surface area contributed by atoms with Crippen LogP contribution in [0.25, 0.3) is 0 Å². The predicted molar refractivity (Wildman–Crippen MR) is 73.5 cm³/mol. The zero-order valence-corrected chi connectivity index (χ0v) is 11.6. The normalized spacial score (nSPS) is 20.5. The summed E-state index contributed by atoms with van der Waals surface area (Å²) in [5, 5.41) is 2.13. The second kappa shape index (κ2) is 6.89. The molecule has 3 N–H and O–H groups in total. The Morgan fingerprint density at radius 3 is 2.37 bits per heavy atom. The van der Waals surface area contributed by atoms with Crippen LogP contribution in [0.15, 0.2) is 0 Å². The Morgan fingerprint density at radius 1 is 1.11 bits per heavy atom. The highest BCUT2D eigenvalue weighted by Gasteiger charge is 2.30. The summed E-state index contributed by atoms with van der Waals surface area (Å²) in [6.07, 6.45) is 9.62. The largest absolute Gasteiger partial charge is 0.351 e. The molecule has 0 aromatic carbocycles. The number of nitrogens with zero attached hydrogens (tertiary/aromatic N) is 1. The summed E-state index contributed by atoms with van der Waals surface area (Å²) < 4.78 is 0. The molecule has 0 aliphatic heterocycles. The van der Waals surface area contributed by atoms with Crippen LogP contribution in [0.1, 0.15) is 51.4 Å². The predicted octanol–water partition coefficient (Wildman–Crippen LogP) is 1.62. The fourth-order valence-electron chi connectivity index (χ4n) is 3.01. The van der Waals surface area contributed by atoms with Gasteiger partial charge in [0.1, 0.15) is 0 Å². The van der Waals surface area contributed by atoms with Crippen LogP contribution in [0.5, 0.6) is 0 Å². The number of carbonyl (C=O) groups is 2. The maximum atomic E-state index is 11.5. The maximum Gasteiger partial charge on any atom is 0.318 e. The minimum Gasteiger partial charge on any atom is -0.351 e. The summed E-state index contributed by atoms with van der Waals surface area (Å²) in [5.74, 6) is 0.537. The first-order valence-electron chi connectivity index (χ1n) is 7.48. The molecule has 19 heavy (non-hydrogen) atoms. The number of imide groups is 1. The number of nitrogens with one attached hydrogen (secondary N) is 1. The molecule has 108 valence electrons. The van der Waals surface area contributed by atoms with Gasteiger partial charge in [0.05, 0.1) is 0 Å². The Morgan fingerprint density at radius 2 is 1.79 bits per heavy atom. The Hall–Kier alpha value is -1.10. The maximum absolute atomic E-state index is 11.5. The number of urea groups is 1. The van der Waals surface area contributed by atoms with Gasteiger partial charge in [0.2, 0.25) is 5.91 Å². The minimum atomic E-state index is -0.754. The number of amides is 3. The van der Waals surface area contributed by atoms with Gasteiger partial charge in [0.25, 0.3) is 0 Å². The van der Waals surface area contributed by atoms with E-state index in [0.717, 1.165) is 19.0 Å². The van der Waals surface area contributed by atoms with Crippen molar-refractivity contribution in [3.05, 3.63) is 0 Å². The van der Waals surface area contributed by atoms with E-state index < -0.39 is 6.03 Å². The van der Waals surface area contributed by atoms with E-state index in [-0.39, 0.29) is 5.91 Å². The third-order valence-corrected chi connectivity index (χ3v) is 4.17. The lowest BCUT2D eigenvalue weighted by molar-refractivity contribution is -0.120. The zero-order valence-electron chi connectivity index (χ0n) is 11.6. The van der Waals surface area contributed by atoms with Gasteiger partial charge in [-0.05, 0) is 31.6 Å². The number of carbonyl (C=O) groups excluding carboxylic acids is 2. The van der Waals surface area contributed by atoms with Crippen LogP contribution < -0.4 is 11.1 Å². The van der Waals surface area contributed by atoms with Crippen molar-refractivity contribution >= 4 is 11.9 Å². The standard InChI is InChI=1S/C14H25N3O2/c15-14(19)16-13(18)8-9-17(12-6-7-12)10-11-4-2-1-3-5-11/h11-12H,1-10H2,(H3,15,16,18,19). The molecular formula is C14H25N3O2. The van der Waals surface area contributed by atoms with E-state index >= 15 is 0 Å². The average molecular weight is 267 g/mol. The Kier molecular flexibility index (Phi) is 5.19. The molecule has 0 aromatic heterocycles. The van der Waals surface area contributed by atoms with Crippen molar-refractivity contribution in [2.45, 2.75) is 57.4 Å². The van der Waals surface area contributed by atoms with Gasteiger partial charge in [0.15, 0.2) is 0 Å². The molecule has 2 rings (SSSR count). The molecule has 0 spiro atoms. The first kappa shape index (κ1) is 14.3. The number of hydrogen-bond donors (Lipinski definition) is 2. The quantitative estimate of drug-likeness (QED) is 0.767. The van der Waals surface area contributed by atoms with Gasteiger partial charge in [-0.3, -0.25) is 15.0 Å². The van der Waals surface area contributed by atoms with E-state index in [2.05, 4.69) is 10.2 Å². The molecule has 2 fully saturated rings. The van der Waals surface area contributed by atoms with Crippen LogP contribution in [0.3, 0.4) is 0 Å². The van der Waals surface area contributed by atoms with E-state index in [0.29, 0.717) is 12.5 Å². The van der Waals surface area contributed by atoms with Crippen LogP contribution in [0, 0.1) is 5.92 Å². The van der Waals surface area contributed by atoms with Crippen LogP contribution in [-0.2, 0) is 4.79 Å². The molecule has 0 atom stereocenters. The topological polar surface area (TPSA) is 75.4 Å². The molecule has 5 nitrogen and oxygen atoms in total. The second-order valence-electron chi connectivity index (χ2n) is 5.89. The molecule has 0 saturated heterocycles. The molecule has 5 heteroatoms. The molecule has 2 saturated carbocycles. The van der Waals surface area contributed by atoms with Crippen molar-refractivity contribution in [1.29, 1.82) is 0 Å². The fourth-order valence-corrected chi connectivity index (χ4v) is 3.01. The highest BCUT2D eigenvalue weighted by atomic mass is 16.2. The van der Waals surface area contributed by atoms with Gasteiger partial charge in [-0.15, -0.1) is 0 Å². The van der Waals surface area contributed by atoms with Crippen LogP contribution in [0.4, 0.5) is 4.79 Å². The van der Waals surface area contributed by atoms with Crippen LogP contribution in [-0.4, -0.2) is 36.0 Å². The van der Waals surface area contributed by atoms with Crippen molar-refractivity contribution in [2.75, 3.05) is 13.1 Å². The Labute approximate surface area is 114 Å². The van der Waals surface area contributed by atoms with Gasteiger partial charge >= 0.3 is 6.03 Å². The van der Waals surface area contributed by atoms with Crippen molar-refractivity contribution in [3.63, 3.8) is 0 Å². The first-order chi connectivity index (χ1) is 9.15. The second-order valence-corrected chi connectivity index (χ2v) is 5.89. The molecule has 2 aliphatic rings. The van der Waals surface area contributed by atoms with Crippen molar-refractivity contribution < 1.29 is 9.59 Å². The monoisotopic (exact) mass is 267 g/mol. The number of hydrogen-bond acceptors (Lipinski definition) is 3. The lowest BCUT2D eigenvalue weighted by Gasteiger charge is -2.29. The van der Waals surface area contributed by atoms with Crippen LogP contribution in [0.2, 0.25) is 0 Å². The molecule has 0 bridgehead atoms. The van der Waals surface area contributed by atoms with E-state index in [9.17, 15) is 9.59 Å². The van der Waals surface area contributed by atoms with E-state index in [1.165, 1.54) is 44.9 Å². The number of primary amides is 1. The molecule has 0 heterocycles. The summed E-state index contributed by atoms with van der Waals surface area (Å²) in [4.78, 5) is 24.5. The average Bonchev–Trinajstić information content (AvgIpc) is 3.19. The molecule has 2 aliphatic carbocycles. The molecule has 0 aromatic rings. The molecule has 3 amide bonds. The number of rotatable bonds is 6. The van der Waals surface area contributed by atoms with E-state index in [4.69, 9.17) is 5.73 Å². The van der Waals surface area contributed by atoms with E-state index in [1.807, 2.05) is 0 Å². The van der Waals surface area contributed by atoms with Gasteiger partial charge in [0, 0.05) is 25.6 Å². The third-order valence-electron chi connectivity index (χ3n) is 4.17. The SMILES string of the molecule is NC(=O)NC(=O)CCN(CC1CCCCC1)C1CC1. The van der Waals surface area contributed by atoms with Gasteiger partial charge < -0.3 is 5.73 Å².